The molecule has 78 valence electrons. The second kappa shape index (κ2) is 4.28. The molecule has 0 amide bonds. The molecule has 0 radical (unpaired) electrons. The minimum absolute atomic E-state index is 0.148. The molecule has 2 aromatic rings. The third-order valence-electron chi connectivity index (χ3n) is 2.41. The number of nitrogens with zero attached hydrogens (tertiary/aromatic N) is 1. The number of benzene rings is 1. The quantitative estimate of drug-likeness (QED) is 0.798. The van der Waals surface area contributed by atoms with Crippen LogP contribution >= 0.6 is 0 Å². The molecule has 0 bridgehead atoms. The average Bonchev–Trinajstić information content (AvgIpc) is 2.68. The summed E-state index contributed by atoms with van der Waals surface area (Å²) >= 11 is 0. The largest absolute Gasteiger partial charge is 0.396 e. The van der Waals surface area contributed by atoms with Crippen LogP contribution in [0.5, 0.6) is 0 Å². The first-order valence-corrected chi connectivity index (χ1v) is 5.02. The Kier molecular flexibility index (Phi) is 2.83. The van der Waals surface area contributed by atoms with Crippen LogP contribution < -0.4 is 0 Å². The van der Waals surface area contributed by atoms with E-state index in [1.807, 2.05) is 18.2 Å². The van der Waals surface area contributed by atoms with E-state index in [1.165, 1.54) is 5.56 Å². The summed E-state index contributed by atoms with van der Waals surface area (Å²) in [5.41, 5.74) is 3.28. The number of aliphatic hydroxyl groups excluding tert-OH is 1. The second-order valence-corrected chi connectivity index (χ2v) is 3.55. The number of aryl methyl sites for hydroxylation is 1. The van der Waals surface area contributed by atoms with Crippen molar-refractivity contribution >= 4 is 0 Å². The molecule has 3 heteroatoms. The van der Waals surface area contributed by atoms with Gasteiger partial charge in [0.2, 0.25) is 0 Å². The first-order valence-electron chi connectivity index (χ1n) is 5.02. The molecule has 0 saturated heterocycles. The molecule has 1 heterocycles. The Morgan fingerprint density at radius 1 is 1.33 bits per heavy atom. The van der Waals surface area contributed by atoms with Crippen molar-refractivity contribution < 1.29 is 5.11 Å². The van der Waals surface area contributed by atoms with Crippen molar-refractivity contribution in [3.05, 3.63) is 41.7 Å². The van der Waals surface area contributed by atoms with Crippen LogP contribution in [0, 0.1) is 6.92 Å². The number of imidazole rings is 1. The van der Waals surface area contributed by atoms with Crippen LogP contribution in [0.15, 0.2) is 30.5 Å². The summed E-state index contributed by atoms with van der Waals surface area (Å²) in [5.74, 6) is 0.872. The van der Waals surface area contributed by atoms with Crippen LogP contribution in [0.1, 0.15) is 11.3 Å². The van der Waals surface area contributed by atoms with Crippen molar-refractivity contribution in [3.8, 4) is 11.4 Å². The Hall–Kier alpha value is -1.61. The van der Waals surface area contributed by atoms with Crippen LogP contribution in [0.2, 0.25) is 0 Å². The molecule has 0 unspecified atom stereocenters. The smallest absolute Gasteiger partial charge is 0.137 e. The zero-order valence-electron chi connectivity index (χ0n) is 8.70. The van der Waals surface area contributed by atoms with Crippen molar-refractivity contribution in [2.45, 2.75) is 13.3 Å². The number of aromatic nitrogens is 2. The first-order chi connectivity index (χ1) is 7.31. The molecule has 0 saturated carbocycles. The summed E-state index contributed by atoms with van der Waals surface area (Å²) in [6.45, 7) is 2.21. The maximum atomic E-state index is 8.81. The number of rotatable bonds is 3. The minimum atomic E-state index is 0.148. The fourth-order valence-corrected chi connectivity index (χ4v) is 1.58. The molecule has 0 aliphatic heterocycles. The van der Waals surface area contributed by atoms with E-state index >= 15 is 0 Å². The molecule has 15 heavy (non-hydrogen) atoms. The van der Waals surface area contributed by atoms with Crippen molar-refractivity contribution in [1.82, 2.24) is 9.97 Å². The minimum Gasteiger partial charge on any atom is -0.396 e. The Labute approximate surface area is 88.8 Å². The van der Waals surface area contributed by atoms with Gasteiger partial charge in [0.25, 0.3) is 0 Å². The lowest BCUT2D eigenvalue weighted by Gasteiger charge is -2.00. The summed E-state index contributed by atoms with van der Waals surface area (Å²) in [5, 5.41) is 8.81. The lowest BCUT2D eigenvalue weighted by atomic mass is 10.1. The van der Waals surface area contributed by atoms with E-state index in [1.54, 1.807) is 6.20 Å². The predicted octanol–water partition coefficient (Wildman–Crippen LogP) is 1.92. The molecule has 0 fully saturated rings. The van der Waals surface area contributed by atoms with Crippen LogP contribution in [-0.4, -0.2) is 21.7 Å². The standard InChI is InChI=1S/C12H14N2O/c1-9-4-2-3-5-11(9)12-13-8-10(14-12)6-7-15/h2-5,8,15H,6-7H2,1H3,(H,13,14). The Balaban J connectivity index is 2.33. The van der Waals surface area contributed by atoms with E-state index in [4.69, 9.17) is 5.11 Å². The normalized spacial score (nSPS) is 10.5. The van der Waals surface area contributed by atoms with Crippen molar-refractivity contribution in [2.24, 2.45) is 0 Å². The molecular formula is C12H14N2O. The number of nitrogens with one attached hydrogen (secondary N) is 1. The number of hydrogen-bond donors (Lipinski definition) is 2. The third kappa shape index (κ3) is 2.07. The van der Waals surface area contributed by atoms with Gasteiger partial charge in [-0.05, 0) is 12.5 Å². The average molecular weight is 202 g/mol. The monoisotopic (exact) mass is 202 g/mol. The predicted molar refractivity (Wildman–Crippen MR) is 59.6 cm³/mol. The summed E-state index contributed by atoms with van der Waals surface area (Å²) in [6, 6.07) is 8.10. The van der Waals surface area contributed by atoms with E-state index in [0.29, 0.717) is 6.42 Å². The molecule has 0 atom stereocenters. The SMILES string of the molecule is Cc1ccccc1-c1ncc(CCO)[nH]1. The Bertz CT molecular complexity index is 448. The molecule has 3 nitrogen and oxygen atoms in total. The van der Waals surface area contributed by atoms with Crippen molar-refractivity contribution in [1.29, 1.82) is 0 Å². The van der Waals surface area contributed by atoms with Gasteiger partial charge in [-0.3, -0.25) is 0 Å². The van der Waals surface area contributed by atoms with Gasteiger partial charge in [0.05, 0.1) is 0 Å². The molecule has 2 N–H and O–H groups in total. The third-order valence-corrected chi connectivity index (χ3v) is 2.41. The molecule has 1 aromatic heterocycles. The topological polar surface area (TPSA) is 48.9 Å². The van der Waals surface area contributed by atoms with Gasteiger partial charge in [0.15, 0.2) is 0 Å². The number of hydrogen-bond acceptors (Lipinski definition) is 2. The molecule has 1 aromatic carbocycles. The van der Waals surface area contributed by atoms with Crippen LogP contribution in [0.4, 0.5) is 0 Å². The Morgan fingerprint density at radius 2 is 2.13 bits per heavy atom. The van der Waals surface area contributed by atoms with E-state index in [2.05, 4.69) is 23.0 Å². The van der Waals surface area contributed by atoms with Crippen molar-refractivity contribution in [2.75, 3.05) is 6.61 Å². The van der Waals surface area contributed by atoms with E-state index in [0.717, 1.165) is 17.1 Å². The van der Waals surface area contributed by atoms with Crippen molar-refractivity contribution in [3.63, 3.8) is 0 Å². The summed E-state index contributed by atoms with van der Waals surface area (Å²) in [6.07, 6.45) is 2.40. The van der Waals surface area contributed by atoms with Gasteiger partial charge in [-0.2, -0.15) is 0 Å². The summed E-state index contributed by atoms with van der Waals surface area (Å²) in [7, 11) is 0. The van der Waals surface area contributed by atoms with E-state index < -0.39 is 0 Å². The number of aromatic amines is 1. The Morgan fingerprint density at radius 3 is 2.87 bits per heavy atom. The summed E-state index contributed by atoms with van der Waals surface area (Å²) in [4.78, 5) is 7.50. The van der Waals surface area contributed by atoms with E-state index in [-0.39, 0.29) is 6.61 Å². The first kappa shape index (κ1) is 9.93. The highest BCUT2D eigenvalue weighted by Gasteiger charge is 2.04. The van der Waals surface area contributed by atoms with Gasteiger partial charge in [0.1, 0.15) is 5.82 Å². The van der Waals surface area contributed by atoms with Gasteiger partial charge in [-0.25, -0.2) is 4.98 Å². The molecule has 0 aliphatic carbocycles. The fraction of sp³-hybridized carbons (Fsp3) is 0.250. The fourth-order valence-electron chi connectivity index (χ4n) is 1.58. The van der Waals surface area contributed by atoms with Gasteiger partial charge in [-0.1, -0.05) is 24.3 Å². The lowest BCUT2D eigenvalue weighted by Crippen LogP contribution is -1.90. The maximum absolute atomic E-state index is 8.81. The van der Waals surface area contributed by atoms with Gasteiger partial charge < -0.3 is 10.1 Å². The molecular weight excluding hydrogens is 188 g/mol. The highest BCUT2D eigenvalue weighted by atomic mass is 16.3. The van der Waals surface area contributed by atoms with E-state index in [9.17, 15) is 0 Å². The lowest BCUT2D eigenvalue weighted by molar-refractivity contribution is 0.298. The second-order valence-electron chi connectivity index (χ2n) is 3.55. The highest BCUT2D eigenvalue weighted by Crippen LogP contribution is 2.19. The van der Waals surface area contributed by atoms with Crippen LogP contribution in [-0.2, 0) is 6.42 Å². The highest BCUT2D eigenvalue weighted by molar-refractivity contribution is 5.59. The van der Waals surface area contributed by atoms with Crippen LogP contribution in [0.25, 0.3) is 11.4 Å². The van der Waals surface area contributed by atoms with Gasteiger partial charge >= 0.3 is 0 Å². The van der Waals surface area contributed by atoms with Gasteiger partial charge in [-0.15, -0.1) is 0 Å². The molecule has 0 aliphatic rings. The number of aliphatic hydroxyl groups is 1. The molecule has 0 spiro atoms. The zero-order chi connectivity index (χ0) is 10.7. The van der Waals surface area contributed by atoms with Gasteiger partial charge in [0, 0.05) is 30.5 Å². The molecule has 2 rings (SSSR count). The van der Waals surface area contributed by atoms with Crippen LogP contribution in [0.3, 0.4) is 0 Å². The summed E-state index contributed by atoms with van der Waals surface area (Å²) < 4.78 is 0. The maximum Gasteiger partial charge on any atom is 0.137 e. The zero-order valence-corrected chi connectivity index (χ0v) is 8.70. The number of H-pyrrole nitrogens is 1.